The average molecular weight is 261 g/mol. The molecule has 0 spiro atoms. The van der Waals surface area contributed by atoms with Gasteiger partial charge >= 0.3 is 0 Å². The van der Waals surface area contributed by atoms with E-state index in [-0.39, 0.29) is 5.91 Å². The Morgan fingerprint density at radius 1 is 1.69 bits per heavy atom. The summed E-state index contributed by atoms with van der Waals surface area (Å²) in [5.74, 6) is 0.268. The van der Waals surface area contributed by atoms with E-state index >= 15 is 0 Å². The SMILES string of the molecule is C[C@@]1(C(=O)N/N=C\c2ccco2)CC1(Cl)Cl. The third-order valence-electron chi connectivity index (χ3n) is 2.66. The Hall–Kier alpha value is -1.000. The van der Waals surface area contributed by atoms with Gasteiger partial charge < -0.3 is 4.42 Å². The summed E-state index contributed by atoms with van der Waals surface area (Å²) in [4.78, 5) is 11.6. The fraction of sp³-hybridized carbons (Fsp3) is 0.400. The van der Waals surface area contributed by atoms with Crippen LogP contribution in [0.5, 0.6) is 0 Å². The maximum Gasteiger partial charge on any atom is 0.249 e. The van der Waals surface area contributed by atoms with Crippen LogP contribution in [0.3, 0.4) is 0 Å². The smallest absolute Gasteiger partial charge is 0.249 e. The summed E-state index contributed by atoms with van der Waals surface area (Å²) in [6.45, 7) is 1.70. The molecule has 16 heavy (non-hydrogen) atoms. The molecule has 4 nitrogen and oxygen atoms in total. The van der Waals surface area contributed by atoms with Crippen LogP contribution in [0.4, 0.5) is 0 Å². The summed E-state index contributed by atoms with van der Waals surface area (Å²) in [5, 5.41) is 3.75. The van der Waals surface area contributed by atoms with Crippen LogP contribution in [0.25, 0.3) is 0 Å². The first-order chi connectivity index (χ1) is 7.46. The average Bonchev–Trinajstić information content (AvgIpc) is 2.64. The summed E-state index contributed by atoms with van der Waals surface area (Å²) in [7, 11) is 0. The van der Waals surface area contributed by atoms with Crippen molar-refractivity contribution in [1.29, 1.82) is 0 Å². The first kappa shape index (κ1) is 11.5. The third-order valence-corrected chi connectivity index (χ3v) is 3.76. The monoisotopic (exact) mass is 260 g/mol. The molecule has 1 fully saturated rings. The summed E-state index contributed by atoms with van der Waals surface area (Å²) in [6, 6.07) is 3.45. The highest BCUT2D eigenvalue weighted by atomic mass is 35.5. The molecule has 1 amide bonds. The molecule has 1 atom stereocenters. The van der Waals surface area contributed by atoms with E-state index < -0.39 is 9.75 Å². The third kappa shape index (κ3) is 1.95. The molecule has 1 aliphatic rings. The van der Waals surface area contributed by atoms with E-state index in [2.05, 4.69) is 10.5 Å². The second-order valence-electron chi connectivity index (χ2n) is 3.93. The van der Waals surface area contributed by atoms with E-state index in [0.717, 1.165) is 0 Å². The van der Waals surface area contributed by atoms with Crippen LogP contribution in [-0.2, 0) is 4.79 Å². The van der Waals surface area contributed by atoms with Gasteiger partial charge in [-0.05, 0) is 25.5 Å². The van der Waals surface area contributed by atoms with E-state index in [1.807, 2.05) is 0 Å². The van der Waals surface area contributed by atoms with Crippen molar-refractivity contribution >= 4 is 35.3 Å². The van der Waals surface area contributed by atoms with Crippen LogP contribution < -0.4 is 5.43 Å². The molecule has 1 N–H and O–H groups in total. The number of hydrazone groups is 1. The molecule has 1 aromatic rings. The Kier molecular flexibility index (Phi) is 2.72. The van der Waals surface area contributed by atoms with Crippen LogP contribution in [0.2, 0.25) is 0 Å². The van der Waals surface area contributed by atoms with Gasteiger partial charge in [-0.1, -0.05) is 0 Å². The minimum absolute atomic E-state index is 0.291. The van der Waals surface area contributed by atoms with Gasteiger partial charge in [-0.15, -0.1) is 23.2 Å². The van der Waals surface area contributed by atoms with Crippen molar-refractivity contribution in [3.63, 3.8) is 0 Å². The van der Waals surface area contributed by atoms with Gasteiger partial charge in [-0.25, -0.2) is 5.43 Å². The zero-order chi connectivity index (χ0) is 11.8. The lowest BCUT2D eigenvalue weighted by atomic mass is 10.1. The molecule has 2 rings (SSSR count). The Bertz CT molecular complexity index is 428. The number of nitrogens with one attached hydrogen (secondary N) is 1. The van der Waals surface area contributed by atoms with Gasteiger partial charge in [0.05, 0.1) is 17.9 Å². The predicted octanol–water partition coefficient (Wildman–Crippen LogP) is 2.31. The lowest BCUT2D eigenvalue weighted by Crippen LogP contribution is -2.29. The molecular formula is C10H10Cl2N2O2. The first-order valence-electron chi connectivity index (χ1n) is 4.70. The van der Waals surface area contributed by atoms with Gasteiger partial charge in [-0.2, -0.15) is 5.10 Å². The van der Waals surface area contributed by atoms with Crippen molar-refractivity contribution in [2.75, 3.05) is 0 Å². The van der Waals surface area contributed by atoms with Crippen LogP contribution in [0.15, 0.2) is 27.9 Å². The van der Waals surface area contributed by atoms with Gasteiger partial charge in [0.1, 0.15) is 10.1 Å². The number of carbonyl (C=O) groups is 1. The number of furan rings is 1. The molecule has 0 bridgehead atoms. The highest BCUT2D eigenvalue weighted by molar-refractivity contribution is 6.53. The maximum atomic E-state index is 11.6. The molecule has 1 heterocycles. The predicted molar refractivity (Wildman–Crippen MR) is 61.6 cm³/mol. The Morgan fingerprint density at radius 3 is 2.88 bits per heavy atom. The topological polar surface area (TPSA) is 54.6 Å². The highest BCUT2D eigenvalue weighted by Crippen LogP contribution is 2.63. The molecule has 86 valence electrons. The first-order valence-corrected chi connectivity index (χ1v) is 5.46. The molecule has 6 heteroatoms. The van der Waals surface area contributed by atoms with Crippen molar-refractivity contribution in [2.45, 2.75) is 17.7 Å². The van der Waals surface area contributed by atoms with E-state index in [9.17, 15) is 4.79 Å². The Morgan fingerprint density at radius 2 is 2.38 bits per heavy atom. The molecule has 0 unspecified atom stereocenters. The van der Waals surface area contributed by atoms with Crippen LogP contribution in [-0.4, -0.2) is 16.5 Å². The van der Waals surface area contributed by atoms with Crippen molar-refractivity contribution in [3.05, 3.63) is 24.2 Å². The summed E-state index contributed by atoms with van der Waals surface area (Å²) >= 11 is 11.7. The van der Waals surface area contributed by atoms with E-state index in [4.69, 9.17) is 27.6 Å². The standard InChI is InChI=1S/C10H10Cl2N2O2/c1-9(6-10(9,11)12)8(15)14-13-5-7-3-2-4-16-7/h2-5H,6H2,1H3,(H,14,15)/b13-5-/t9-/m0/s1. The minimum Gasteiger partial charge on any atom is -0.463 e. The Labute approximate surface area is 103 Å². The number of carbonyl (C=O) groups excluding carboxylic acids is 1. The highest BCUT2D eigenvalue weighted by Gasteiger charge is 2.68. The second kappa shape index (κ2) is 3.79. The molecule has 0 aliphatic heterocycles. The zero-order valence-electron chi connectivity index (χ0n) is 8.54. The quantitative estimate of drug-likeness (QED) is 0.515. The van der Waals surface area contributed by atoms with Gasteiger partial charge in [0.15, 0.2) is 0 Å². The molecule has 1 aromatic heterocycles. The van der Waals surface area contributed by atoms with Crippen molar-refractivity contribution < 1.29 is 9.21 Å². The number of alkyl halides is 2. The zero-order valence-corrected chi connectivity index (χ0v) is 10.0. The molecule has 1 saturated carbocycles. The maximum absolute atomic E-state index is 11.6. The van der Waals surface area contributed by atoms with Gasteiger partial charge in [0.25, 0.3) is 0 Å². The largest absolute Gasteiger partial charge is 0.463 e. The van der Waals surface area contributed by atoms with Gasteiger partial charge in [0, 0.05) is 0 Å². The second-order valence-corrected chi connectivity index (χ2v) is 5.41. The number of hydrogen-bond donors (Lipinski definition) is 1. The summed E-state index contributed by atoms with van der Waals surface area (Å²) in [5.41, 5.74) is 1.63. The molecule has 0 aromatic carbocycles. The summed E-state index contributed by atoms with van der Waals surface area (Å²) < 4.78 is 4.03. The molecule has 0 saturated heterocycles. The van der Waals surface area contributed by atoms with Crippen molar-refractivity contribution in [1.82, 2.24) is 5.43 Å². The molecule has 0 radical (unpaired) electrons. The van der Waals surface area contributed by atoms with Crippen LogP contribution in [0, 0.1) is 5.41 Å². The van der Waals surface area contributed by atoms with E-state index in [1.165, 1.54) is 12.5 Å². The summed E-state index contributed by atoms with van der Waals surface area (Å²) in [6.07, 6.45) is 3.37. The van der Waals surface area contributed by atoms with Crippen LogP contribution >= 0.6 is 23.2 Å². The van der Waals surface area contributed by atoms with E-state index in [0.29, 0.717) is 12.2 Å². The number of rotatable bonds is 3. The number of halogens is 2. The number of amides is 1. The van der Waals surface area contributed by atoms with Crippen molar-refractivity contribution in [2.24, 2.45) is 10.5 Å². The lowest BCUT2D eigenvalue weighted by Gasteiger charge is -2.08. The molecular weight excluding hydrogens is 251 g/mol. The number of hydrogen-bond acceptors (Lipinski definition) is 3. The van der Waals surface area contributed by atoms with Crippen molar-refractivity contribution in [3.8, 4) is 0 Å². The Balaban J connectivity index is 1.90. The van der Waals surface area contributed by atoms with E-state index in [1.54, 1.807) is 19.1 Å². The normalized spacial score (nSPS) is 26.9. The van der Waals surface area contributed by atoms with Crippen LogP contribution in [0.1, 0.15) is 19.1 Å². The minimum atomic E-state index is -0.975. The fourth-order valence-corrected chi connectivity index (χ4v) is 2.00. The van der Waals surface area contributed by atoms with Gasteiger partial charge in [-0.3, -0.25) is 4.79 Å². The number of nitrogens with zero attached hydrogens (tertiary/aromatic N) is 1. The molecule has 1 aliphatic carbocycles. The lowest BCUT2D eigenvalue weighted by molar-refractivity contribution is -0.125. The van der Waals surface area contributed by atoms with Gasteiger partial charge in [0.2, 0.25) is 5.91 Å². The fourth-order valence-electron chi connectivity index (χ4n) is 1.29.